The Bertz CT molecular complexity index is 584. The van der Waals surface area contributed by atoms with Crippen LogP contribution in [0.1, 0.15) is 0 Å². The maximum Gasteiger partial charge on any atom is 0.0349 e. The number of fused-ring (bicyclic) bond motifs is 1. The summed E-state index contributed by atoms with van der Waals surface area (Å²) in [5.41, 5.74) is 2.42. The summed E-state index contributed by atoms with van der Waals surface area (Å²) in [6.45, 7) is 0. The van der Waals surface area contributed by atoms with E-state index in [0.717, 1.165) is 0 Å². The molecule has 3 aromatic rings. The van der Waals surface area contributed by atoms with E-state index in [4.69, 9.17) is 0 Å². The molecule has 2 heterocycles. The molecule has 15 heavy (non-hydrogen) atoms. The highest BCUT2D eigenvalue weighted by Crippen LogP contribution is 2.32. The van der Waals surface area contributed by atoms with Gasteiger partial charge >= 0.3 is 0 Å². The van der Waals surface area contributed by atoms with Crippen LogP contribution in [0.2, 0.25) is 0 Å². The zero-order valence-corrected chi connectivity index (χ0v) is 8.79. The van der Waals surface area contributed by atoms with Gasteiger partial charge in [0, 0.05) is 33.6 Å². The Kier molecular flexibility index (Phi) is 2.00. The van der Waals surface area contributed by atoms with Crippen molar-refractivity contribution in [2.24, 2.45) is 0 Å². The molecule has 0 spiro atoms. The molecule has 0 N–H and O–H groups in total. The van der Waals surface area contributed by atoms with Gasteiger partial charge in [0.05, 0.1) is 0 Å². The van der Waals surface area contributed by atoms with Crippen molar-refractivity contribution in [3.05, 3.63) is 54.2 Å². The Morgan fingerprint density at radius 2 is 2.27 bits per heavy atom. The van der Waals surface area contributed by atoms with Gasteiger partial charge in [-0.1, -0.05) is 12.1 Å². The molecule has 0 aliphatic rings. The molecule has 1 aromatic carbocycles. The maximum absolute atomic E-state index is 4.14. The molecule has 0 bridgehead atoms. The van der Waals surface area contributed by atoms with Crippen LogP contribution in [0, 0.1) is 6.07 Å². The van der Waals surface area contributed by atoms with E-state index in [1.54, 1.807) is 17.5 Å². The fourth-order valence-electron chi connectivity index (χ4n) is 1.66. The number of rotatable bonds is 1. The minimum Gasteiger partial charge on any atom is -0.264 e. The van der Waals surface area contributed by atoms with Gasteiger partial charge in [-0.2, -0.15) is 0 Å². The smallest absolute Gasteiger partial charge is 0.0349 e. The summed E-state index contributed by atoms with van der Waals surface area (Å²) < 4.78 is 1.30. The summed E-state index contributed by atoms with van der Waals surface area (Å²) in [6, 6.07) is 13.2. The molecule has 0 fully saturated rings. The number of aromatic nitrogens is 1. The number of benzene rings is 1. The Balaban J connectivity index is 2.28. The van der Waals surface area contributed by atoms with Crippen LogP contribution in [0.5, 0.6) is 0 Å². The van der Waals surface area contributed by atoms with E-state index in [1.165, 1.54) is 21.2 Å². The van der Waals surface area contributed by atoms with Gasteiger partial charge in [0.25, 0.3) is 0 Å². The number of thiophene rings is 1. The van der Waals surface area contributed by atoms with Gasteiger partial charge in [-0.15, -0.1) is 11.3 Å². The lowest BCUT2D eigenvalue weighted by atomic mass is 10.1. The second-order valence-corrected chi connectivity index (χ2v) is 4.22. The standard InChI is InChI=1S/C13H8NS/c1-2-6-13-11(5-1)12(9-15-13)10-4-3-7-14-8-10/h2-9H. The van der Waals surface area contributed by atoms with E-state index in [0.29, 0.717) is 0 Å². The van der Waals surface area contributed by atoms with Crippen LogP contribution in [0.15, 0.2) is 48.1 Å². The monoisotopic (exact) mass is 210 g/mol. The highest BCUT2D eigenvalue weighted by molar-refractivity contribution is 7.17. The highest BCUT2D eigenvalue weighted by Gasteiger charge is 2.04. The van der Waals surface area contributed by atoms with Gasteiger partial charge in [-0.25, -0.2) is 0 Å². The summed E-state index contributed by atoms with van der Waals surface area (Å²) in [7, 11) is 0. The first-order valence-electron chi connectivity index (χ1n) is 4.73. The number of hydrogen-bond donors (Lipinski definition) is 0. The molecule has 2 aromatic heterocycles. The Morgan fingerprint density at radius 3 is 3.13 bits per heavy atom. The molecule has 0 saturated heterocycles. The fourth-order valence-corrected chi connectivity index (χ4v) is 2.61. The second kappa shape index (κ2) is 3.48. The number of nitrogens with zero attached hydrogens (tertiary/aromatic N) is 1. The van der Waals surface area contributed by atoms with Crippen molar-refractivity contribution >= 4 is 21.4 Å². The Morgan fingerprint density at radius 1 is 1.27 bits per heavy atom. The van der Waals surface area contributed by atoms with Crippen molar-refractivity contribution in [2.45, 2.75) is 0 Å². The van der Waals surface area contributed by atoms with E-state index in [2.05, 4.69) is 28.6 Å². The van der Waals surface area contributed by atoms with Gasteiger partial charge < -0.3 is 0 Å². The van der Waals surface area contributed by atoms with Gasteiger partial charge in [-0.05, 0) is 29.6 Å². The Labute approximate surface area is 92.0 Å². The normalized spacial score (nSPS) is 10.7. The van der Waals surface area contributed by atoms with Crippen molar-refractivity contribution in [1.29, 1.82) is 0 Å². The summed E-state index contributed by atoms with van der Waals surface area (Å²) in [6.07, 6.45) is 3.69. The number of hydrogen-bond acceptors (Lipinski definition) is 2. The van der Waals surface area contributed by atoms with Crippen LogP contribution in [0.3, 0.4) is 0 Å². The molecule has 0 amide bonds. The third-order valence-electron chi connectivity index (χ3n) is 2.39. The predicted molar refractivity (Wildman–Crippen MR) is 63.9 cm³/mol. The summed E-state index contributed by atoms with van der Waals surface area (Å²) in [5, 5.41) is 3.44. The van der Waals surface area contributed by atoms with E-state index in [-0.39, 0.29) is 0 Å². The second-order valence-electron chi connectivity index (χ2n) is 3.31. The van der Waals surface area contributed by atoms with Crippen molar-refractivity contribution < 1.29 is 0 Å². The topological polar surface area (TPSA) is 12.9 Å². The lowest BCUT2D eigenvalue weighted by molar-refractivity contribution is 1.33. The highest BCUT2D eigenvalue weighted by atomic mass is 32.1. The molecular formula is C13H8NS. The first-order chi connectivity index (χ1) is 7.45. The lowest BCUT2D eigenvalue weighted by Crippen LogP contribution is -1.76. The van der Waals surface area contributed by atoms with Crippen LogP contribution in [-0.2, 0) is 0 Å². The third-order valence-corrected chi connectivity index (χ3v) is 3.35. The van der Waals surface area contributed by atoms with Crippen molar-refractivity contribution in [3.8, 4) is 11.1 Å². The summed E-state index contributed by atoms with van der Waals surface area (Å²) >= 11 is 1.76. The van der Waals surface area contributed by atoms with Gasteiger partial charge in [-0.3, -0.25) is 4.98 Å². The average Bonchev–Trinajstić information content (AvgIpc) is 2.74. The van der Waals surface area contributed by atoms with E-state index in [1.807, 2.05) is 24.4 Å². The molecule has 3 rings (SSSR count). The van der Waals surface area contributed by atoms with Gasteiger partial charge in [0.15, 0.2) is 0 Å². The zero-order valence-electron chi connectivity index (χ0n) is 7.97. The fraction of sp³-hybridized carbons (Fsp3) is 0. The first-order valence-corrected chi connectivity index (χ1v) is 5.61. The van der Waals surface area contributed by atoms with Crippen molar-refractivity contribution in [2.75, 3.05) is 0 Å². The molecule has 71 valence electrons. The largest absolute Gasteiger partial charge is 0.264 e. The molecule has 0 aliphatic carbocycles. The van der Waals surface area contributed by atoms with E-state index in [9.17, 15) is 0 Å². The van der Waals surface area contributed by atoms with Crippen molar-refractivity contribution in [1.82, 2.24) is 4.98 Å². The molecule has 0 atom stereocenters. The molecular weight excluding hydrogens is 202 g/mol. The zero-order chi connectivity index (χ0) is 10.1. The van der Waals surface area contributed by atoms with E-state index >= 15 is 0 Å². The van der Waals surface area contributed by atoms with Crippen LogP contribution >= 0.6 is 11.3 Å². The van der Waals surface area contributed by atoms with Crippen LogP contribution in [0.4, 0.5) is 0 Å². The predicted octanol–water partition coefficient (Wildman–Crippen LogP) is 3.76. The van der Waals surface area contributed by atoms with Crippen molar-refractivity contribution in [3.63, 3.8) is 0 Å². The molecule has 2 heteroatoms. The number of pyridine rings is 1. The molecule has 1 radical (unpaired) electrons. The Hall–Kier alpha value is -1.67. The minimum absolute atomic E-state index is 1.17. The van der Waals surface area contributed by atoms with Gasteiger partial charge in [0.1, 0.15) is 0 Å². The quantitative estimate of drug-likeness (QED) is 0.596. The summed E-state index contributed by atoms with van der Waals surface area (Å²) in [5.74, 6) is 0. The average molecular weight is 210 g/mol. The molecule has 0 unspecified atom stereocenters. The van der Waals surface area contributed by atoms with Crippen LogP contribution in [0.25, 0.3) is 21.2 Å². The summed E-state index contributed by atoms with van der Waals surface area (Å²) in [4.78, 5) is 4.14. The van der Waals surface area contributed by atoms with E-state index < -0.39 is 0 Å². The minimum atomic E-state index is 1.17. The van der Waals surface area contributed by atoms with Gasteiger partial charge in [0.2, 0.25) is 0 Å². The first kappa shape index (κ1) is 8.62. The molecule has 0 saturated carbocycles. The van der Waals surface area contributed by atoms with Crippen LogP contribution < -0.4 is 0 Å². The molecule has 1 nitrogen and oxygen atoms in total. The lowest BCUT2D eigenvalue weighted by Gasteiger charge is -1.97. The third kappa shape index (κ3) is 1.43. The maximum atomic E-state index is 4.14. The SMILES string of the molecule is [c]1ccc2scc(-c3cccnc3)c2c1. The molecule has 0 aliphatic heterocycles. The van der Waals surface area contributed by atoms with Crippen LogP contribution in [-0.4, -0.2) is 4.98 Å².